The van der Waals surface area contributed by atoms with Crippen LogP contribution in [0, 0.1) is 6.92 Å². The molecule has 0 spiro atoms. The fraction of sp³-hybridized carbons (Fsp3) is 0.333. The lowest BCUT2D eigenvalue weighted by Gasteiger charge is -2.23. The standard InChI is InChI=1S/C18H19N3OS2/c1-12-6-7-13-14(10-12)20-18(19-13)24-11-17(22)21-8-2-4-15(21)16-5-3-9-23-16/h3,5-7,9-10,15H,2,4,8,11H2,1H3,(H,19,20). The maximum Gasteiger partial charge on any atom is 0.233 e. The van der Waals surface area contributed by atoms with Crippen LogP contribution in [0.3, 0.4) is 0 Å². The molecule has 3 aromatic rings. The van der Waals surface area contributed by atoms with Gasteiger partial charge in [-0.1, -0.05) is 23.9 Å². The van der Waals surface area contributed by atoms with Crippen LogP contribution < -0.4 is 0 Å². The Morgan fingerprint density at radius 1 is 1.46 bits per heavy atom. The number of carbonyl (C=O) groups excluding carboxylic acids is 1. The lowest BCUT2D eigenvalue weighted by atomic mass is 10.2. The van der Waals surface area contributed by atoms with Crippen molar-refractivity contribution >= 4 is 40.0 Å². The Morgan fingerprint density at radius 3 is 3.21 bits per heavy atom. The summed E-state index contributed by atoms with van der Waals surface area (Å²) < 4.78 is 0. The lowest BCUT2D eigenvalue weighted by Crippen LogP contribution is -2.31. The second-order valence-corrected chi connectivity index (χ2v) is 8.06. The lowest BCUT2D eigenvalue weighted by molar-refractivity contribution is -0.129. The number of amides is 1. The van der Waals surface area contributed by atoms with Gasteiger partial charge in [0.25, 0.3) is 0 Å². The highest BCUT2D eigenvalue weighted by Gasteiger charge is 2.30. The van der Waals surface area contributed by atoms with Crippen LogP contribution in [0.15, 0.2) is 40.9 Å². The van der Waals surface area contributed by atoms with E-state index in [1.807, 2.05) is 11.0 Å². The number of hydrogen-bond acceptors (Lipinski definition) is 4. The minimum atomic E-state index is 0.201. The molecule has 0 aliphatic carbocycles. The van der Waals surface area contributed by atoms with Crippen LogP contribution >= 0.6 is 23.1 Å². The number of benzene rings is 1. The summed E-state index contributed by atoms with van der Waals surface area (Å²) in [6.07, 6.45) is 2.16. The number of thioether (sulfide) groups is 1. The highest BCUT2D eigenvalue weighted by atomic mass is 32.2. The zero-order valence-electron chi connectivity index (χ0n) is 13.5. The Kier molecular flexibility index (Phi) is 4.33. The Labute approximate surface area is 149 Å². The van der Waals surface area contributed by atoms with E-state index in [2.05, 4.69) is 46.5 Å². The van der Waals surface area contributed by atoms with Gasteiger partial charge in [-0.05, 0) is 48.9 Å². The SMILES string of the molecule is Cc1ccc2nc(SCC(=O)N3CCCC3c3cccs3)[nH]c2c1. The quantitative estimate of drug-likeness (QED) is 0.705. The smallest absolute Gasteiger partial charge is 0.233 e. The zero-order chi connectivity index (χ0) is 16.5. The van der Waals surface area contributed by atoms with E-state index in [4.69, 9.17) is 0 Å². The van der Waals surface area contributed by atoms with Gasteiger partial charge in [0.05, 0.1) is 22.8 Å². The minimum absolute atomic E-state index is 0.201. The third-order valence-electron chi connectivity index (χ3n) is 4.39. The molecule has 1 amide bonds. The van der Waals surface area contributed by atoms with E-state index in [-0.39, 0.29) is 11.9 Å². The van der Waals surface area contributed by atoms with Gasteiger partial charge in [0.1, 0.15) is 0 Å². The van der Waals surface area contributed by atoms with Crippen molar-refractivity contribution in [1.82, 2.24) is 14.9 Å². The molecule has 6 heteroatoms. The molecule has 0 saturated carbocycles. The van der Waals surface area contributed by atoms with Gasteiger partial charge in [-0.2, -0.15) is 0 Å². The number of nitrogens with one attached hydrogen (secondary N) is 1. The predicted octanol–water partition coefficient (Wildman–Crippen LogP) is 4.39. The second-order valence-electron chi connectivity index (χ2n) is 6.11. The molecule has 1 aromatic carbocycles. The van der Waals surface area contributed by atoms with Crippen LogP contribution in [-0.2, 0) is 4.79 Å². The summed E-state index contributed by atoms with van der Waals surface area (Å²) in [5.74, 6) is 0.633. The summed E-state index contributed by atoms with van der Waals surface area (Å²) in [7, 11) is 0. The molecule has 0 bridgehead atoms. The number of fused-ring (bicyclic) bond motifs is 1. The first-order chi connectivity index (χ1) is 11.7. The number of likely N-dealkylation sites (tertiary alicyclic amines) is 1. The molecule has 1 saturated heterocycles. The van der Waals surface area contributed by atoms with Crippen molar-refractivity contribution in [3.8, 4) is 0 Å². The number of aryl methyl sites for hydroxylation is 1. The number of aromatic nitrogens is 2. The highest BCUT2D eigenvalue weighted by Crippen LogP contribution is 2.35. The Hall–Kier alpha value is -1.79. The molecule has 0 radical (unpaired) electrons. The van der Waals surface area contributed by atoms with Crippen molar-refractivity contribution < 1.29 is 4.79 Å². The van der Waals surface area contributed by atoms with E-state index < -0.39 is 0 Å². The van der Waals surface area contributed by atoms with Crippen molar-refractivity contribution in [3.05, 3.63) is 46.2 Å². The van der Waals surface area contributed by atoms with E-state index in [1.165, 1.54) is 22.2 Å². The van der Waals surface area contributed by atoms with Crippen LogP contribution in [0.2, 0.25) is 0 Å². The minimum Gasteiger partial charge on any atom is -0.334 e. The first-order valence-electron chi connectivity index (χ1n) is 8.13. The van der Waals surface area contributed by atoms with Crippen molar-refractivity contribution in [2.75, 3.05) is 12.3 Å². The first-order valence-corrected chi connectivity index (χ1v) is 9.99. The first kappa shape index (κ1) is 15.7. The Morgan fingerprint density at radius 2 is 2.38 bits per heavy atom. The van der Waals surface area contributed by atoms with Gasteiger partial charge in [0, 0.05) is 11.4 Å². The molecule has 1 aliphatic rings. The molecule has 2 aromatic heterocycles. The van der Waals surface area contributed by atoms with Crippen LogP contribution in [0.1, 0.15) is 29.3 Å². The van der Waals surface area contributed by atoms with Crippen molar-refractivity contribution in [2.24, 2.45) is 0 Å². The van der Waals surface area contributed by atoms with Crippen LogP contribution in [-0.4, -0.2) is 33.1 Å². The summed E-state index contributed by atoms with van der Waals surface area (Å²) in [5, 5.41) is 2.90. The number of thiophene rings is 1. The van der Waals surface area contributed by atoms with Gasteiger partial charge >= 0.3 is 0 Å². The van der Waals surface area contributed by atoms with Crippen LogP contribution in [0.4, 0.5) is 0 Å². The second kappa shape index (κ2) is 6.61. The monoisotopic (exact) mass is 357 g/mol. The number of aromatic amines is 1. The van der Waals surface area contributed by atoms with Gasteiger partial charge in [0.15, 0.2) is 5.16 Å². The maximum atomic E-state index is 12.7. The molecule has 1 atom stereocenters. The van der Waals surface area contributed by atoms with E-state index >= 15 is 0 Å². The molecule has 1 N–H and O–H groups in total. The van der Waals surface area contributed by atoms with Crippen LogP contribution in [0.25, 0.3) is 11.0 Å². The average Bonchev–Trinajstić information content (AvgIpc) is 3.30. The maximum absolute atomic E-state index is 12.7. The van der Waals surface area contributed by atoms with E-state index in [9.17, 15) is 4.79 Å². The van der Waals surface area contributed by atoms with Gasteiger partial charge in [-0.15, -0.1) is 11.3 Å². The number of imidazole rings is 1. The van der Waals surface area contributed by atoms with Gasteiger partial charge in [-0.25, -0.2) is 4.98 Å². The van der Waals surface area contributed by atoms with E-state index in [1.54, 1.807) is 11.3 Å². The molecule has 124 valence electrons. The summed E-state index contributed by atoms with van der Waals surface area (Å²) in [6, 6.07) is 10.6. The number of H-pyrrole nitrogens is 1. The fourth-order valence-electron chi connectivity index (χ4n) is 3.22. The fourth-order valence-corrected chi connectivity index (χ4v) is 4.87. The largest absolute Gasteiger partial charge is 0.334 e. The zero-order valence-corrected chi connectivity index (χ0v) is 15.1. The summed E-state index contributed by atoms with van der Waals surface area (Å²) in [5.41, 5.74) is 3.19. The van der Waals surface area contributed by atoms with Gasteiger partial charge < -0.3 is 9.88 Å². The van der Waals surface area contributed by atoms with Crippen molar-refractivity contribution in [1.29, 1.82) is 0 Å². The third kappa shape index (κ3) is 3.08. The molecule has 24 heavy (non-hydrogen) atoms. The Balaban J connectivity index is 1.43. The molecule has 1 fully saturated rings. The van der Waals surface area contributed by atoms with Crippen LogP contribution in [0.5, 0.6) is 0 Å². The molecule has 3 heterocycles. The summed E-state index contributed by atoms with van der Waals surface area (Å²) >= 11 is 3.23. The molecule has 1 aliphatic heterocycles. The average molecular weight is 358 g/mol. The topological polar surface area (TPSA) is 49.0 Å². The highest BCUT2D eigenvalue weighted by molar-refractivity contribution is 7.99. The van der Waals surface area contributed by atoms with Crippen molar-refractivity contribution in [3.63, 3.8) is 0 Å². The molecular weight excluding hydrogens is 338 g/mol. The molecule has 4 rings (SSSR count). The van der Waals surface area contributed by atoms with Gasteiger partial charge in [0.2, 0.25) is 5.91 Å². The van der Waals surface area contributed by atoms with Gasteiger partial charge in [-0.3, -0.25) is 4.79 Å². The number of nitrogens with zero attached hydrogens (tertiary/aromatic N) is 2. The third-order valence-corrected chi connectivity index (χ3v) is 6.22. The van der Waals surface area contributed by atoms with E-state index in [0.29, 0.717) is 5.75 Å². The summed E-state index contributed by atoms with van der Waals surface area (Å²) in [4.78, 5) is 23.9. The Bertz CT molecular complexity index is 856. The van der Waals surface area contributed by atoms with E-state index in [0.717, 1.165) is 35.6 Å². The number of hydrogen-bond donors (Lipinski definition) is 1. The normalized spacial score (nSPS) is 17.7. The van der Waals surface area contributed by atoms with Crippen molar-refractivity contribution in [2.45, 2.75) is 31.0 Å². The summed E-state index contributed by atoms with van der Waals surface area (Å²) in [6.45, 7) is 2.93. The number of carbonyl (C=O) groups is 1. The number of rotatable bonds is 4. The molecule has 4 nitrogen and oxygen atoms in total. The molecular formula is C18H19N3OS2. The predicted molar refractivity (Wildman–Crippen MR) is 99.6 cm³/mol. The molecule has 1 unspecified atom stereocenters.